The van der Waals surface area contributed by atoms with E-state index in [9.17, 15) is 9.59 Å². The van der Waals surface area contributed by atoms with E-state index >= 15 is 0 Å². The number of halogens is 1. The topological polar surface area (TPSA) is 64.7 Å². The van der Waals surface area contributed by atoms with Crippen LogP contribution in [0.5, 0.6) is 0 Å². The zero-order chi connectivity index (χ0) is 21.3. The van der Waals surface area contributed by atoms with Gasteiger partial charge in [0.15, 0.2) is 0 Å². The first-order valence-electron chi connectivity index (χ1n) is 9.87. The minimum atomic E-state index is -0.662. The van der Waals surface area contributed by atoms with E-state index in [2.05, 4.69) is 28.5 Å². The number of anilines is 1. The summed E-state index contributed by atoms with van der Waals surface area (Å²) in [4.78, 5) is 28.7. The van der Waals surface area contributed by atoms with Crippen molar-refractivity contribution < 1.29 is 9.59 Å². The number of rotatable bonds is 4. The van der Waals surface area contributed by atoms with Crippen LogP contribution in [0.2, 0.25) is 5.02 Å². The van der Waals surface area contributed by atoms with Gasteiger partial charge in [0.05, 0.1) is 5.69 Å². The molecule has 0 aliphatic carbocycles. The Labute approximate surface area is 181 Å². The molecular weight excluding hydrogens is 400 g/mol. The molecule has 4 rings (SSSR count). The van der Waals surface area contributed by atoms with Crippen molar-refractivity contribution in [3.05, 3.63) is 64.2 Å². The summed E-state index contributed by atoms with van der Waals surface area (Å²) in [7, 11) is 2.10. The van der Waals surface area contributed by atoms with E-state index in [0.717, 1.165) is 41.2 Å². The standard InChI is InChI=1S/C23H23ClN4O2/c1-3-15-12-17(21-14-27(2)11-10-25-21)5-4-16(15)13-20-22(29)28(23(30)26-20)19-8-6-18(24)7-9-19/h1,4-9,12,20-21,25H,10-11,13-14H2,2H3,(H,26,30). The highest BCUT2D eigenvalue weighted by molar-refractivity contribution is 6.30. The third-order valence-corrected chi connectivity index (χ3v) is 5.85. The van der Waals surface area contributed by atoms with E-state index in [4.69, 9.17) is 18.0 Å². The van der Waals surface area contributed by atoms with Crippen molar-refractivity contribution in [3.8, 4) is 12.3 Å². The van der Waals surface area contributed by atoms with Gasteiger partial charge >= 0.3 is 6.03 Å². The smallest absolute Gasteiger partial charge is 0.325 e. The van der Waals surface area contributed by atoms with Gasteiger partial charge in [0.1, 0.15) is 6.04 Å². The van der Waals surface area contributed by atoms with Gasteiger partial charge < -0.3 is 15.5 Å². The molecule has 0 radical (unpaired) electrons. The second-order valence-electron chi connectivity index (χ2n) is 7.69. The molecule has 0 aromatic heterocycles. The van der Waals surface area contributed by atoms with Gasteiger partial charge in [-0.25, -0.2) is 9.69 Å². The summed E-state index contributed by atoms with van der Waals surface area (Å²) in [5.41, 5.74) is 3.23. The number of hydrogen-bond donors (Lipinski definition) is 2. The molecule has 0 bridgehead atoms. The molecule has 2 saturated heterocycles. The molecule has 2 N–H and O–H groups in total. The highest BCUT2D eigenvalue weighted by Gasteiger charge is 2.39. The highest BCUT2D eigenvalue weighted by atomic mass is 35.5. The predicted molar refractivity (Wildman–Crippen MR) is 118 cm³/mol. The third-order valence-electron chi connectivity index (χ3n) is 5.60. The number of piperazine rings is 1. The van der Waals surface area contributed by atoms with Gasteiger partial charge in [0.25, 0.3) is 5.91 Å². The second kappa shape index (κ2) is 8.49. The summed E-state index contributed by atoms with van der Waals surface area (Å²) < 4.78 is 0. The molecule has 2 aromatic carbocycles. The van der Waals surface area contributed by atoms with Crippen LogP contribution in [-0.4, -0.2) is 49.6 Å². The fourth-order valence-electron chi connectivity index (χ4n) is 3.97. The molecule has 7 heteroatoms. The summed E-state index contributed by atoms with van der Waals surface area (Å²) in [6.45, 7) is 2.86. The lowest BCUT2D eigenvalue weighted by Crippen LogP contribution is -2.43. The summed E-state index contributed by atoms with van der Waals surface area (Å²) in [6.07, 6.45) is 6.11. The van der Waals surface area contributed by atoms with E-state index < -0.39 is 12.1 Å². The largest absolute Gasteiger partial charge is 0.329 e. The molecule has 2 atom stereocenters. The number of carbonyl (C=O) groups excluding carboxylic acids is 2. The quantitative estimate of drug-likeness (QED) is 0.587. The van der Waals surface area contributed by atoms with Crippen LogP contribution in [-0.2, 0) is 11.2 Å². The van der Waals surface area contributed by atoms with Crippen molar-refractivity contribution in [3.63, 3.8) is 0 Å². The Hall–Kier alpha value is -2.85. The van der Waals surface area contributed by atoms with Gasteiger partial charge in [0, 0.05) is 42.7 Å². The van der Waals surface area contributed by atoms with Crippen molar-refractivity contribution in [2.45, 2.75) is 18.5 Å². The summed E-state index contributed by atoms with van der Waals surface area (Å²) in [5.74, 6) is 2.44. The van der Waals surface area contributed by atoms with Crippen LogP contribution in [0, 0.1) is 12.3 Å². The van der Waals surface area contributed by atoms with Gasteiger partial charge in [-0.2, -0.15) is 0 Å². The number of likely N-dealkylation sites (N-methyl/N-ethyl adjacent to an activating group) is 1. The predicted octanol–water partition coefficient (Wildman–Crippen LogP) is 2.56. The second-order valence-corrected chi connectivity index (χ2v) is 8.12. The summed E-state index contributed by atoms with van der Waals surface area (Å²) in [6, 6.07) is 11.7. The average molecular weight is 423 g/mol. The molecule has 2 heterocycles. The van der Waals surface area contributed by atoms with Crippen molar-refractivity contribution in [2.75, 3.05) is 31.6 Å². The number of amides is 3. The summed E-state index contributed by atoms with van der Waals surface area (Å²) in [5, 5.41) is 6.82. The molecule has 2 aliphatic rings. The number of terminal acetylenes is 1. The van der Waals surface area contributed by atoms with Crippen molar-refractivity contribution in [1.29, 1.82) is 0 Å². The molecule has 0 saturated carbocycles. The van der Waals surface area contributed by atoms with Gasteiger partial charge in [-0.1, -0.05) is 29.7 Å². The van der Waals surface area contributed by atoms with Crippen LogP contribution < -0.4 is 15.5 Å². The molecule has 30 heavy (non-hydrogen) atoms. The van der Waals surface area contributed by atoms with E-state index in [0.29, 0.717) is 17.1 Å². The first-order valence-corrected chi connectivity index (χ1v) is 10.3. The number of nitrogens with zero attached hydrogens (tertiary/aromatic N) is 2. The normalized spacial score (nSPS) is 22.1. The Balaban J connectivity index is 1.52. The Morgan fingerprint density at radius 3 is 2.67 bits per heavy atom. The Bertz CT molecular complexity index is 1010. The van der Waals surface area contributed by atoms with Crippen LogP contribution in [0.4, 0.5) is 10.5 Å². The molecule has 3 amide bonds. The van der Waals surface area contributed by atoms with Gasteiger partial charge in [-0.15, -0.1) is 6.42 Å². The zero-order valence-corrected chi connectivity index (χ0v) is 17.4. The van der Waals surface area contributed by atoms with Crippen molar-refractivity contribution >= 4 is 29.2 Å². The molecule has 2 aliphatic heterocycles. The minimum Gasteiger partial charge on any atom is -0.325 e. The maximum atomic E-state index is 12.9. The van der Waals surface area contributed by atoms with Crippen molar-refractivity contribution in [2.24, 2.45) is 0 Å². The fraction of sp³-hybridized carbons (Fsp3) is 0.304. The van der Waals surface area contributed by atoms with E-state index in [1.165, 1.54) is 0 Å². The molecular formula is C23H23ClN4O2. The molecule has 2 unspecified atom stereocenters. The molecule has 2 fully saturated rings. The average Bonchev–Trinajstić information content (AvgIpc) is 3.02. The van der Waals surface area contributed by atoms with Crippen LogP contribution in [0.3, 0.4) is 0 Å². The minimum absolute atomic E-state index is 0.220. The SMILES string of the molecule is C#Cc1cc(C2CN(C)CCN2)ccc1CC1NC(=O)N(c2ccc(Cl)cc2)C1=O. The maximum Gasteiger partial charge on any atom is 0.329 e. The van der Waals surface area contributed by atoms with Gasteiger partial charge in [0.2, 0.25) is 0 Å². The number of nitrogens with one attached hydrogen (secondary N) is 2. The lowest BCUT2D eigenvalue weighted by atomic mass is 9.95. The molecule has 6 nitrogen and oxygen atoms in total. The first-order chi connectivity index (χ1) is 14.5. The fourth-order valence-corrected chi connectivity index (χ4v) is 4.09. The number of carbonyl (C=O) groups is 2. The number of benzene rings is 2. The van der Waals surface area contributed by atoms with E-state index in [1.54, 1.807) is 24.3 Å². The summed E-state index contributed by atoms with van der Waals surface area (Å²) >= 11 is 5.91. The lowest BCUT2D eigenvalue weighted by molar-refractivity contribution is -0.118. The lowest BCUT2D eigenvalue weighted by Gasteiger charge is -2.31. The Morgan fingerprint density at radius 1 is 1.20 bits per heavy atom. The maximum absolute atomic E-state index is 12.9. The molecule has 154 valence electrons. The monoisotopic (exact) mass is 422 g/mol. The van der Waals surface area contributed by atoms with Crippen LogP contribution in [0.25, 0.3) is 0 Å². The first kappa shape index (κ1) is 20.4. The number of imide groups is 1. The molecule has 0 spiro atoms. The Morgan fingerprint density at radius 2 is 1.97 bits per heavy atom. The van der Waals surface area contributed by atoms with E-state index in [1.807, 2.05) is 18.2 Å². The van der Waals surface area contributed by atoms with Crippen LogP contribution >= 0.6 is 11.6 Å². The zero-order valence-electron chi connectivity index (χ0n) is 16.7. The highest BCUT2D eigenvalue weighted by Crippen LogP contribution is 2.25. The van der Waals surface area contributed by atoms with Crippen LogP contribution in [0.1, 0.15) is 22.7 Å². The number of hydrogen-bond acceptors (Lipinski definition) is 4. The Kier molecular flexibility index (Phi) is 5.78. The van der Waals surface area contributed by atoms with Crippen LogP contribution in [0.15, 0.2) is 42.5 Å². The van der Waals surface area contributed by atoms with Gasteiger partial charge in [-0.3, -0.25) is 4.79 Å². The van der Waals surface area contributed by atoms with Crippen molar-refractivity contribution in [1.82, 2.24) is 15.5 Å². The number of urea groups is 1. The van der Waals surface area contributed by atoms with E-state index in [-0.39, 0.29) is 11.9 Å². The molecule has 2 aromatic rings. The van der Waals surface area contributed by atoms with Gasteiger partial charge in [-0.05, 0) is 48.5 Å². The third kappa shape index (κ3) is 4.05.